The van der Waals surface area contributed by atoms with Gasteiger partial charge in [0, 0.05) is 17.6 Å². The maximum atomic E-state index is 12.0. The number of esters is 1. The first-order chi connectivity index (χ1) is 10.2. The molecule has 0 spiro atoms. The summed E-state index contributed by atoms with van der Waals surface area (Å²) in [5.74, 6) is 2.75. The van der Waals surface area contributed by atoms with Crippen molar-refractivity contribution in [1.82, 2.24) is 5.16 Å². The van der Waals surface area contributed by atoms with E-state index in [0.717, 1.165) is 0 Å². The third-order valence-electron chi connectivity index (χ3n) is 3.07. The lowest BCUT2D eigenvalue weighted by Crippen LogP contribution is -2.05. The van der Waals surface area contributed by atoms with Crippen molar-refractivity contribution in [2.45, 2.75) is 18.1 Å². The van der Waals surface area contributed by atoms with Crippen LogP contribution in [0.2, 0.25) is 0 Å². The first-order valence-corrected chi connectivity index (χ1v) is 8.74. The van der Waals surface area contributed by atoms with Crippen LogP contribution in [0.3, 0.4) is 0 Å². The summed E-state index contributed by atoms with van der Waals surface area (Å²) in [6.45, 7) is 1.93. The molecular weight excluding hydrogens is 306 g/mol. The average molecular weight is 321 g/mol. The molecule has 21 heavy (non-hydrogen) atoms. The minimum Gasteiger partial charge on any atom is -0.455 e. The van der Waals surface area contributed by atoms with Crippen LogP contribution in [0.1, 0.15) is 32.0 Å². The molecule has 0 aliphatic carbocycles. The Hall–Kier alpha value is -1.40. The lowest BCUT2D eigenvalue weighted by atomic mass is 10.1. The zero-order valence-corrected chi connectivity index (χ0v) is 13.2. The Balaban J connectivity index is 1.59. The van der Waals surface area contributed by atoms with Crippen LogP contribution in [0, 0.1) is 6.92 Å². The van der Waals surface area contributed by atoms with E-state index in [9.17, 15) is 4.79 Å². The Labute approximate surface area is 131 Å². The van der Waals surface area contributed by atoms with Gasteiger partial charge in [-0.1, -0.05) is 17.3 Å². The van der Waals surface area contributed by atoms with E-state index in [2.05, 4.69) is 5.16 Å². The summed E-state index contributed by atoms with van der Waals surface area (Å²) in [7, 11) is 0. The van der Waals surface area contributed by atoms with Crippen LogP contribution in [-0.2, 0) is 11.3 Å². The largest absolute Gasteiger partial charge is 0.455 e. The molecule has 1 saturated heterocycles. The lowest BCUT2D eigenvalue weighted by molar-refractivity contribution is 0.0464. The molecule has 0 saturated carbocycles. The van der Waals surface area contributed by atoms with Crippen LogP contribution in [0.15, 0.2) is 34.9 Å². The van der Waals surface area contributed by atoms with E-state index in [1.54, 1.807) is 13.0 Å². The fraction of sp³-hybridized carbons (Fsp3) is 0.333. The fourth-order valence-electron chi connectivity index (χ4n) is 2.04. The molecule has 1 aliphatic rings. The zero-order valence-electron chi connectivity index (χ0n) is 11.6. The predicted molar refractivity (Wildman–Crippen MR) is 84.5 cm³/mol. The Morgan fingerprint density at radius 1 is 1.33 bits per heavy atom. The van der Waals surface area contributed by atoms with Crippen molar-refractivity contribution in [2.75, 3.05) is 11.5 Å². The molecule has 0 bridgehead atoms. The average Bonchev–Trinajstić information content (AvgIpc) is 3.16. The fourth-order valence-corrected chi connectivity index (χ4v) is 4.90. The van der Waals surface area contributed by atoms with E-state index in [1.807, 2.05) is 47.8 Å². The van der Waals surface area contributed by atoms with E-state index in [4.69, 9.17) is 9.26 Å². The van der Waals surface area contributed by atoms with Gasteiger partial charge < -0.3 is 9.26 Å². The van der Waals surface area contributed by atoms with Crippen molar-refractivity contribution in [3.05, 3.63) is 52.9 Å². The van der Waals surface area contributed by atoms with Gasteiger partial charge in [-0.3, -0.25) is 0 Å². The smallest absolute Gasteiger partial charge is 0.338 e. The molecular formula is C15H15NO3S2. The minimum atomic E-state index is -0.339. The topological polar surface area (TPSA) is 52.3 Å². The van der Waals surface area contributed by atoms with E-state index in [0.29, 0.717) is 21.6 Å². The molecule has 1 aromatic heterocycles. The molecule has 0 atom stereocenters. The number of benzene rings is 1. The van der Waals surface area contributed by atoms with E-state index in [-0.39, 0.29) is 12.6 Å². The van der Waals surface area contributed by atoms with Gasteiger partial charge in [0.25, 0.3) is 0 Å². The quantitative estimate of drug-likeness (QED) is 0.798. The molecule has 6 heteroatoms. The number of hydrogen-bond acceptors (Lipinski definition) is 6. The summed E-state index contributed by atoms with van der Waals surface area (Å²) in [5, 5.41) is 3.79. The van der Waals surface area contributed by atoms with Gasteiger partial charge in [-0.05, 0) is 24.6 Å². The summed E-state index contributed by atoms with van der Waals surface area (Å²) >= 11 is 3.90. The first kappa shape index (κ1) is 14.5. The molecule has 2 heterocycles. The maximum Gasteiger partial charge on any atom is 0.338 e. The summed E-state index contributed by atoms with van der Waals surface area (Å²) in [6.07, 6.45) is 0. The third kappa shape index (κ3) is 3.63. The molecule has 1 aliphatic heterocycles. The van der Waals surface area contributed by atoms with Crippen LogP contribution in [0.5, 0.6) is 0 Å². The maximum absolute atomic E-state index is 12.0. The number of carbonyl (C=O) groups is 1. The van der Waals surface area contributed by atoms with Gasteiger partial charge in [-0.25, -0.2) is 4.79 Å². The number of carbonyl (C=O) groups excluding carboxylic acids is 1. The van der Waals surface area contributed by atoms with Crippen LogP contribution in [0.4, 0.5) is 0 Å². The summed E-state index contributed by atoms with van der Waals surface area (Å²) in [5.41, 5.74) is 2.44. The van der Waals surface area contributed by atoms with E-state index in [1.165, 1.54) is 17.1 Å². The molecule has 3 rings (SSSR count). The van der Waals surface area contributed by atoms with Crippen LogP contribution < -0.4 is 0 Å². The molecule has 1 aromatic carbocycles. The Bertz CT molecular complexity index is 618. The van der Waals surface area contributed by atoms with Crippen LogP contribution >= 0.6 is 23.5 Å². The predicted octanol–water partition coefficient (Wildman–Crippen LogP) is 3.82. The van der Waals surface area contributed by atoms with Gasteiger partial charge in [-0.2, -0.15) is 0 Å². The molecule has 0 unspecified atom stereocenters. The highest BCUT2D eigenvalue weighted by molar-refractivity contribution is 8.19. The van der Waals surface area contributed by atoms with Crippen molar-refractivity contribution in [3.63, 3.8) is 0 Å². The highest BCUT2D eigenvalue weighted by Gasteiger charge is 2.18. The highest BCUT2D eigenvalue weighted by atomic mass is 32.2. The second kappa shape index (κ2) is 6.58. The number of rotatable bonds is 4. The van der Waals surface area contributed by atoms with Crippen LogP contribution in [0.25, 0.3) is 0 Å². The third-order valence-corrected chi connectivity index (χ3v) is 6.17. The minimum absolute atomic E-state index is 0.131. The van der Waals surface area contributed by atoms with Gasteiger partial charge in [0.05, 0.1) is 10.1 Å². The standard InChI is InChI=1S/C15H15NO3S2/c1-10-8-13(16-19-10)9-18-14(17)11-2-4-12(5-3-11)15-20-6-7-21-15/h2-5,8,15H,6-7,9H2,1H3. The number of thioether (sulfide) groups is 2. The Morgan fingerprint density at radius 2 is 2.05 bits per heavy atom. The molecule has 0 radical (unpaired) electrons. The molecule has 110 valence electrons. The molecule has 4 nitrogen and oxygen atoms in total. The number of nitrogens with zero attached hydrogens (tertiary/aromatic N) is 1. The monoisotopic (exact) mass is 321 g/mol. The molecule has 0 amide bonds. The van der Waals surface area contributed by atoms with E-state index >= 15 is 0 Å². The van der Waals surface area contributed by atoms with E-state index < -0.39 is 0 Å². The first-order valence-electron chi connectivity index (χ1n) is 6.65. The number of hydrogen-bond donors (Lipinski definition) is 0. The normalized spacial score (nSPS) is 15.3. The van der Waals surface area contributed by atoms with Crippen molar-refractivity contribution < 1.29 is 14.1 Å². The van der Waals surface area contributed by atoms with Crippen molar-refractivity contribution in [1.29, 1.82) is 0 Å². The number of aryl methyl sites for hydroxylation is 1. The van der Waals surface area contributed by atoms with Crippen molar-refractivity contribution in [3.8, 4) is 0 Å². The van der Waals surface area contributed by atoms with Gasteiger partial charge in [0.2, 0.25) is 0 Å². The lowest BCUT2D eigenvalue weighted by Gasteiger charge is -2.09. The second-order valence-electron chi connectivity index (χ2n) is 4.70. The summed E-state index contributed by atoms with van der Waals surface area (Å²) < 4.78 is 10.6. The summed E-state index contributed by atoms with van der Waals surface area (Å²) in [4.78, 5) is 12.0. The van der Waals surface area contributed by atoms with Gasteiger partial charge in [-0.15, -0.1) is 23.5 Å². The molecule has 1 fully saturated rings. The Kier molecular flexibility index (Phi) is 4.55. The van der Waals surface area contributed by atoms with Crippen molar-refractivity contribution >= 4 is 29.5 Å². The molecule has 2 aromatic rings. The number of aromatic nitrogens is 1. The SMILES string of the molecule is Cc1cc(COC(=O)c2ccc(C3SCCS3)cc2)no1. The number of ether oxygens (including phenoxy) is 1. The second-order valence-corrected chi connectivity index (χ2v) is 7.42. The van der Waals surface area contributed by atoms with Crippen LogP contribution in [-0.4, -0.2) is 22.6 Å². The molecule has 0 N–H and O–H groups in total. The Morgan fingerprint density at radius 3 is 2.67 bits per heavy atom. The summed E-state index contributed by atoms with van der Waals surface area (Å²) in [6, 6.07) is 9.42. The van der Waals surface area contributed by atoms with Gasteiger partial charge in [0.1, 0.15) is 18.1 Å². The van der Waals surface area contributed by atoms with Crippen molar-refractivity contribution in [2.24, 2.45) is 0 Å². The van der Waals surface area contributed by atoms with Gasteiger partial charge in [0.15, 0.2) is 0 Å². The highest BCUT2D eigenvalue weighted by Crippen LogP contribution is 2.45. The van der Waals surface area contributed by atoms with Gasteiger partial charge >= 0.3 is 5.97 Å². The zero-order chi connectivity index (χ0) is 14.7.